The van der Waals surface area contributed by atoms with E-state index < -0.39 is 0 Å². The van der Waals surface area contributed by atoms with Crippen molar-refractivity contribution in [3.8, 4) is 0 Å². The molecule has 0 unspecified atom stereocenters. The van der Waals surface area contributed by atoms with E-state index in [0.717, 1.165) is 29.0 Å². The second-order valence-corrected chi connectivity index (χ2v) is 7.60. The number of allylic oxidation sites excluding steroid dienone is 6. The van der Waals surface area contributed by atoms with Gasteiger partial charge in [-0.25, -0.2) is 4.39 Å². The lowest BCUT2D eigenvalue weighted by Crippen LogP contribution is -2.19. The summed E-state index contributed by atoms with van der Waals surface area (Å²) >= 11 is 0. The molecule has 0 spiro atoms. The zero-order chi connectivity index (χ0) is 23.7. The predicted molar refractivity (Wildman–Crippen MR) is 136 cm³/mol. The third-order valence-corrected chi connectivity index (χ3v) is 5.47. The Kier molecular flexibility index (Phi) is 15.2. The molecule has 172 valence electrons. The summed E-state index contributed by atoms with van der Waals surface area (Å²) in [7, 11) is 0. The van der Waals surface area contributed by atoms with Gasteiger partial charge < -0.3 is 5.11 Å². The van der Waals surface area contributed by atoms with Gasteiger partial charge in [-0.1, -0.05) is 64.5 Å². The van der Waals surface area contributed by atoms with Crippen LogP contribution in [0.25, 0.3) is 5.70 Å². The fourth-order valence-corrected chi connectivity index (χ4v) is 3.35. The molecule has 1 aliphatic rings. The molecule has 0 saturated heterocycles. The normalized spacial score (nSPS) is 16.3. The molecule has 0 heterocycles. The quantitative estimate of drug-likeness (QED) is 0.344. The molecule has 0 radical (unpaired) electrons. The molecule has 1 aromatic carbocycles. The molecule has 0 aromatic heterocycles. The molecular formula is C28H42FNO. The van der Waals surface area contributed by atoms with Gasteiger partial charge in [0.1, 0.15) is 5.82 Å². The number of nitrogens with zero attached hydrogens (tertiary/aromatic N) is 1. The van der Waals surface area contributed by atoms with E-state index in [1.54, 1.807) is 18.2 Å². The summed E-state index contributed by atoms with van der Waals surface area (Å²) in [6.07, 6.45) is 15.9. The second kappa shape index (κ2) is 16.4. The summed E-state index contributed by atoms with van der Waals surface area (Å²) in [6.45, 7) is 16.1. The molecule has 0 atom stereocenters. The van der Waals surface area contributed by atoms with Gasteiger partial charge in [0.05, 0.1) is 5.70 Å². The van der Waals surface area contributed by atoms with Gasteiger partial charge in [-0.3, -0.25) is 4.99 Å². The van der Waals surface area contributed by atoms with E-state index >= 15 is 0 Å². The van der Waals surface area contributed by atoms with Crippen molar-refractivity contribution in [1.82, 2.24) is 0 Å². The number of aliphatic hydroxyl groups is 1. The van der Waals surface area contributed by atoms with Gasteiger partial charge in [0.2, 0.25) is 0 Å². The van der Waals surface area contributed by atoms with E-state index in [9.17, 15) is 4.39 Å². The number of benzene rings is 1. The van der Waals surface area contributed by atoms with Crippen LogP contribution in [0.1, 0.15) is 79.2 Å². The van der Waals surface area contributed by atoms with Gasteiger partial charge in [-0.15, -0.1) is 0 Å². The van der Waals surface area contributed by atoms with Crippen LogP contribution >= 0.6 is 0 Å². The predicted octanol–water partition coefficient (Wildman–Crippen LogP) is 8.31. The molecule has 2 rings (SSSR count). The van der Waals surface area contributed by atoms with Crippen molar-refractivity contribution in [3.05, 3.63) is 78.2 Å². The van der Waals surface area contributed by atoms with Gasteiger partial charge in [0.15, 0.2) is 0 Å². The van der Waals surface area contributed by atoms with Crippen LogP contribution < -0.4 is 0 Å². The van der Waals surface area contributed by atoms with Crippen molar-refractivity contribution >= 4 is 11.4 Å². The fraction of sp³-hybridized carbons (Fsp3) is 0.464. The van der Waals surface area contributed by atoms with Gasteiger partial charge in [0, 0.05) is 17.9 Å². The van der Waals surface area contributed by atoms with Crippen LogP contribution in [0.2, 0.25) is 0 Å². The molecule has 0 amide bonds. The van der Waals surface area contributed by atoms with Crippen LogP contribution in [-0.2, 0) is 0 Å². The van der Waals surface area contributed by atoms with Crippen molar-refractivity contribution in [3.63, 3.8) is 0 Å². The van der Waals surface area contributed by atoms with E-state index in [-0.39, 0.29) is 5.82 Å². The number of rotatable bonds is 7. The van der Waals surface area contributed by atoms with Crippen molar-refractivity contribution in [1.29, 1.82) is 0 Å². The first-order chi connectivity index (χ1) is 14.9. The minimum atomic E-state index is -0.250. The number of aliphatic hydroxyl groups excluding tert-OH is 1. The van der Waals surface area contributed by atoms with E-state index in [1.165, 1.54) is 37.8 Å². The monoisotopic (exact) mass is 427 g/mol. The third-order valence-electron chi connectivity index (χ3n) is 5.47. The Hall–Kier alpha value is -2.26. The number of halogens is 1. The Morgan fingerprint density at radius 2 is 1.71 bits per heavy atom. The number of aliphatic imine (C=N–C) groups is 1. The van der Waals surface area contributed by atoms with Crippen LogP contribution in [0.3, 0.4) is 0 Å². The molecule has 1 saturated carbocycles. The summed E-state index contributed by atoms with van der Waals surface area (Å²) in [4.78, 5) is 4.55. The highest BCUT2D eigenvalue weighted by molar-refractivity contribution is 5.96. The van der Waals surface area contributed by atoms with Gasteiger partial charge in [-0.05, 0) is 81.4 Å². The van der Waals surface area contributed by atoms with Crippen LogP contribution in [0.4, 0.5) is 4.39 Å². The summed E-state index contributed by atoms with van der Waals surface area (Å²) in [6, 6.07) is 6.35. The molecule has 0 aliphatic heterocycles. The topological polar surface area (TPSA) is 32.6 Å². The molecule has 3 heteroatoms. The van der Waals surface area contributed by atoms with Crippen LogP contribution in [0.15, 0.2) is 71.8 Å². The molecule has 1 fully saturated rings. The van der Waals surface area contributed by atoms with Gasteiger partial charge >= 0.3 is 0 Å². The Bertz CT molecular complexity index is 742. The zero-order valence-corrected chi connectivity index (χ0v) is 20.4. The van der Waals surface area contributed by atoms with E-state index in [4.69, 9.17) is 5.11 Å². The Balaban J connectivity index is 0.000000679. The fourth-order valence-electron chi connectivity index (χ4n) is 3.35. The lowest BCUT2D eigenvalue weighted by Gasteiger charge is -2.23. The molecule has 2 nitrogen and oxygen atoms in total. The van der Waals surface area contributed by atoms with E-state index in [2.05, 4.69) is 18.5 Å². The zero-order valence-electron chi connectivity index (χ0n) is 20.4. The maximum absolute atomic E-state index is 13.0. The smallest absolute Gasteiger partial charge is 0.123 e. The summed E-state index contributed by atoms with van der Waals surface area (Å²) in [5.74, 6) is -0.250. The van der Waals surface area contributed by atoms with E-state index in [0.29, 0.717) is 12.0 Å². The second-order valence-electron chi connectivity index (χ2n) is 7.60. The first kappa shape index (κ1) is 28.7. The first-order valence-electron chi connectivity index (χ1n) is 11.5. The van der Waals surface area contributed by atoms with E-state index in [1.807, 2.05) is 58.9 Å². The lowest BCUT2D eigenvalue weighted by molar-refractivity contribution is 0.126. The van der Waals surface area contributed by atoms with Gasteiger partial charge in [-0.2, -0.15) is 0 Å². The highest BCUT2D eigenvalue weighted by Crippen LogP contribution is 2.40. The molecule has 31 heavy (non-hydrogen) atoms. The molecule has 1 aromatic rings. The highest BCUT2D eigenvalue weighted by atomic mass is 19.1. The number of hydrogen-bond donors (Lipinski definition) is 1. The average molecular weight is 428 g/mol. The van der Waals surface area contributed by atoms with Crippen LogP contribution in [-0.4, -0.2) is 17.4 Å². The highest BCUT2D eigenvalue weighted by Gasteiger charge is 2.30. The standard InChI is InChI=1S/C18H20FN.C8H16O.C2H6/c1-5-7-8-9-14(3)18(20-15(4)6-2)16-10-12-17(19)13-11-16;1-2-8(7-9)5-3-4-6-8;1-2/h5-13H,2H2,1,3-4H3;9H,2-7H2,1H3;1-2H3/b7-5-,9-8-,18-14+,20-15?;;. The molecular weight excluding hydrogens is 385 g/mol. The largest absolute Gasteiger partial charge is 0.396 e. The molecule has 1 aliphatic carbocycles. The molecule has 1 N–H and O–H groups in total. The Morgan fingerprint density at radius 3 is 2.13 bits per heavy atom. The molecule has 0 bridgehead atoms. The minimum Gasteiger partial charge on any atom is -0.396 e. The first-order valence-corrected chi connectivity index (χ1v) is 11.5. The SMILES string of the molecule is C=CC(C)=N/C(=C(C)/C=C\C=C/C)c1ccc(F)cc1.CC.CCC1(CO)CCCC1. The number of hydrogen-bond acceptors (Lipinski definition) is 2. The van der Waals surface area contributed by atoms with Crippen LogP contribution in [0, 0.1) is 11.2 Å². The van der Waals surface area contributed by atoms with Crippen molar-refractivity contribution in [2.24, 2.45) is 10.4 Å². The minimum absolute atomic E-state index is 0.250. The maximum atomic E-state index is 13.0. The Morgan fingerprint density at radius 1 is 1.13 bits per heavy atom. The summed E-state index contributed by atoms with van der Waals surface area (Å²) in [5, 5.41) is 9.02. The summed E-state index contributed by atoms with van der Waals surface area (Å²) in [5.41, 5.74) is 3.87. The average Bonchev–Trinajstić information content (AvgIpc) is 3.29. The summed E-state index contributed by atoms with van der Waals surface area (Å²) < 4.78 is 13.0. The Labute approximate surface area is 190 Å². The van der Waals surface area contributed by atoms with Gasteiger partial charge in [0.25, 0.3) is 0 Å². The van der Waals surface area contributed by atoms with Crippen molar-refractivity contribution < 1.29 is 9.50 Å². The van der Waals surface area contributed by atoms with Crippen molar-refractivity contribution in [2.75, 3.05) is 6.61 Å². The van der Waals surface area contributed by atoms with Crippen molar-refractivity contribution in [2.45, 2.75) is 73.6 Å². The lowest BCUT2D eigenvalue weighted by atomic mass is 9.85. The maximum Gasteiger partial charge on any atom is 0.123 e. The third kappa shape index (κ3) is 10.5. The van der Waals surface area contributed by atoms with Crippen LogP contribution in [0.5, 0.6) is 0 Å².